The summed E-state index contributed by atoms with van der Waals surface area (Å²) in [7, 11) is -3.36. The zero-order valence-corrected chi connectivity index (χ0v) is 20.2. The maximum Gasteiger partial charge on any atom is 0.323 e. The third-order valence-electron chi connectivity index (χ3n) is 6.40. The number of allylic oxidation sites excluding steroid dienone is 3. The normalized spacial score (nSPS) is 17.6. The summed E-state index contributed by atoms with van der Waals surface area (Å²) in [6.45, 7) is 3.74. The van der Waals surface area contributed by atoms with Gasteiger partial charge in [0, 0.05) is 23.0 Å². The lowest BCUT2D eigenvalue weighted by Gasteiger charge is -2.21. The van der Waals surface area contributed by atoms with Crippen LogP contribution in [0.5, 0.6) is 0 Å². The topological polar surface area (TPSA) is 153 Å². The van der Waals surface area contributed by atoms with E-state index in [1.54, 1.807) is 48.6 Å². The van der Waals surface area contributed by atoms with Gasteiger partial charge in [-0.05, 0) is 68.3 Å². The molecule has 2 fully saturated rings. The van der Waals surface area contributed by atoms with Gasteiger partial charge in [0.25, 0.3) is 0 Å². The highest BCUT2D eigenvalue weighted by Crippen LogP contribution is 2.55. The quantitative estimate of drug-likeness (QED) is 0.408. The molecule has 0 spiro atoms. The number of nitrogens with one attached hydrogen (secondary N) is 2. The van der Waals surface area contributed by atoms with Crippen molar-refractivity contribution in [1.29, 1.82) is 0 Å². The van der Waals surface area contributed by atoms with Gasteiger partial charge in [-0.25, -0.2) is 23.2 Å². The van der Waals surface area contributed by atoms with Crippen molar-refractivity contribution < 1.29 is 13.2 Å². The Morgan fingerprint density at radius 1 is 1.11 bits per heavy atom. The summed E-state index contributed by atoms with van der Waals surface area (Å²) in [4.78, 5) is 21.1. The molecule has 0 saturated heterocycles. The predicted molar refractivity (Wildman–Crippen MR) is 138 cm³/mol. The molecule has 2 amide bonds. The number of rotatable bonds is 8. The lowest BCUT2D eigenvalue weighted by molar-refractivity contribution is 0.254. The van der Waals surface area contributed by atoms with Gasteiger partial charge in [0.15, 0.2) is 15.7 Å². The largest absolute Gasteiger partial charge is 0.405 e. The lowest BCUT2D eigenvalue weighted by atomic mass is 10.1. The number of nitrogens with zero attached hydrogens (tertiary/aromatic N) is 2. The van der Waals surface area contributed by atoms with E-state index < -0.39 is 20.6 Å². The standard InChI is InChI=1S/C25H30N6O3S/c1-17(6-4-5-15-26)28-24(32)29-19-11-9-18(10-12-19)23-30-21(16-22(27)31-23)25(13-14-25)35(33,34)20-7-2-3-8-20/h4-6,9-12,15-16,20H,1-3,7-8,13-14,26H2,(H2,27,30,31)(H2,28,29,32)/b6-4-,15-5-. The van der Waals surface area contributed by atoms with E-state index in [2.05, 4.69) is 27.2 Å². The highest BCUT2D eigenvalue weighted by atomic mass is 32.2. The van der Waals surface area contributed by atoms with Crippen molar-refractivity contribution in [1.82, 2.24) is 15.3 Å². The van der Waals surface area contributed by atoms with Crippen LogP contribution in [0.15, 0.2) is 67.0 Å². The van der Waals surface area contributed by atoms with Crippen LogP contribution >= 0.6 is 0 Å². The molecule has 0 aliphatic heterocycles. The van der Waals surface area contributed by atoms with Crippen LogP contribution in [0.4, 0.5) is 16.3 Å². The number of nitrogen functional groups attached to an aromatic ring is 1. The second-order valence-corrected chi connectivity index (χ2v) is 11.4. The molecule has 0 radical (unpaired) electrons. The number of anilines is 2. The van der Waals surface area contributed by atoms with Gasteiger partial charge in [-0.15, -0.1) is 0 Å². The predicted octanol–water partition coefficient (Wildman–Crippen LogP) is 3.74. The van der Waals surface area contributed by atoms with Gasteiger partial charge in [-0.2, -0.15) is 0 Å². The molecule has 1 heterocycles. The van der Waals surface area contributed by atoms with Crippen LogP contribution in [-0.4, -0.2) is 29.7 Å². The Morgan fingerprint density at radius 3 is 2.43 bits per heavy atom. The Hall–Kier alpha value is -3.66. The van der Waals surface area contributed by atoms with Gasteiger partial charge in [0.05, 0.1) is 10.9 Å². The number of carbonyl (C=O) groups excluding carboxylic acids is 1. The Morgan fingerprint density at radius 2 is 1.80 bits per heavy atom. The fraction of sp³-hybridized carbons (Fsp3) is 0.320. The van der Waals surface area contributed by atoms with E-state index >= 15 is 0 Å². The first-order valence-electron chi connectivity index (χ1n) is 11.6. The van der Waals surface area contributed by atoms with Gasteiger partial charge < -0.3 is 22.1 Å². The van der Waals surface area contributed by atoms with Gasteiger partial charge in [0.1, 0.15) is 10.6 Å². The minimum Gasteiger partial charge on any atom is -0.405 e. The molecule has 1 aromatic heterocycles. The highest BCUT2D eigenvalue weighted by Gasteiger charge is 2.59. The van der Waals surface area contributed by atoms with Gasteiger partial charge in [0.2, 0.25) is 0 Å². The Bertz CT molecular complexity index is 1270. The average molecular weight is 495 g/mol. The lowest BCUT2D eigenvalue weighted by Crippen LogP contribution is -2.31. The smallest absolute Gasteiger partial charge is 0.323 e. The second-order valence-electron chi connectivity index (χ2n) is 8.87. The molecule has 6 N–H and O–H groups in total. The number of aromatic nitrogens is 2. The number of hydrogen-bond acceptors (Lipinski definition) is 7. The molecule has 1 aromatic carbocycles. The maximum atomic E-state index is 13.4. The number of sulfone groups is 1. The molecule has 0 atom stereocenters. The van der Waals surface area contributed by atoms with Crippen molar-refractivity contribution in [2.24, 2.45) is 5.73 Å². The highest BCUT2D eigenvalue weighted by molar-refractivity contribution is 7.93. The summed E-state index contributed by atoms with van der Waals surface area (Å²) >= 11 is 0. The molecule has 4 rings (SSSR count). The van der Waals surface area contributed by atoms with Crippen LogP contribution < -0.4 is 22.1 Å². The third kappa shape index (κ3) is 5.22. The number of nitrogens with two attached hydrogens (primary N) is 2. The average Bonchev–Trinajstić information content (AvgIpc) is 3.46. The molecular weight excluding hydrogens is 464 g/mol. The minimum atomic E-state index is -3.36. The van der Waals surface area contributed by atoms with Crippen molar-refractivity contribution in [3.05, 3.63) is 72.7 Å². The Kier molecular flexibility index (Phi) is 6.93. The minimum absolute atomic E-state index is 0.232. The van der Waals surface area contributed by atoms with Crippen molar-refractivity contribution in [2.75, 3.05) is 11.1 Å². The molecule has 2 aliphatic carbocycles. The molecule has 35 heavy (non-hydrogen) atoms. The van der Waals surface area contributed by atoms with Crippen LogP contribution in [0, 0.1) is 0 Å². The molecule has 2 saturated carbocycles. The first-order chi connectivity index (χ1) is 16.7. The van der Waals surface area contributed by atoms with Crippen LogP contribution in [0.2, 0.25) is 0 Å². The molecular formula is C25H30N6O3S. The van der Waals surface area contributed by atoms with Crippen LogP contribution in [0.25, 0.3) is 11.4 Å². The fourth-order valence-corrected chi connectivity index (χ4v) is 7.09. The van der Waals surface area contributed by atoms with Gasteiger partial charge in [-0.3, -0.25) is 0 Å². The van der Waals surface area contributed by atoms with Crippen molar-refractivity contribution >= 4 is 27.4 Å². The SMILES string of the molecule is C=C(/C=C\C=C/N)NC(=O)Nc1ccc(-c2nc(N)cc(C3(S(=O)(=O)C4CCCC4)CC3)n2)cc1. The zero-order chi connectivity index (χ0) is 25.1. The molecule has 10 heteroatoms. The number of hydrogen-bond donors (Lipinski definition) is 4. The Balaban J connectivity index is 1.49. The zero-order valence-electron chi connectivity index (χ0n) is 19.4. The molecule has 2 aliphatic rings. The molecule has 0 bridgehead atoms. The van der Waals surface area contributed by atoms with Crippen molar-refractivity contribution in [2.45, 2.75) is 48.5 Å². The summed E-state index contributed by atoms with van der Waals surface area (Å²) in [5.74, 6) is 0.589. The van der Waals surface area contributed by atoms with E-state index in [1.165, 1.54) is 6.20 Å². The van der Waals surface area contributed by atoms with Gasteiger partial charge >= 0.3 is 6.03 Å². The number of benzene rings is 1. The maximum absolute atomic E-state index is 13.4. The van der Waals surface area contributed by atoms with E-state index in [4.69, 9.17) is 11.5 Å². The number of carbonyl (C=O) groups is 1. The number of amides is 2. The summed E-state index contributed by atoms with van der Waals surface area (Å²) in [5.41, 5.74) is 13.4. The second kappa shape index (κ2) is 9.91. The summed E-state index contributed by atoms with van der Waals surface area (Å²) in [6.07, 6.45) is 10.7. The number of urea groups is 1. The monoisotopic (exact) mass is 494 g/mol. The molecule has 184 valence electrons. The summed E-state index contributed by atoms with van der Waals surface area (Å²) in [5, 5.41) is 5.02. The molecule has 0 unspecified atom stereocenters. The fourth-order valence-electron chi connectivity index (χ4n) is 4.43. The molecule has 2 aromatic rings. The van der Waals surface area contributed by atoms with Crippen molar-refractivity contribution in [3.63, 3.8) is 0 Å². The van der Waals surface area contributed by atoms with Crippen molar-refractivity contribution in [3.8, 4) is 11.4 Å². The van der Waals surface area contributed by atoms with E-state index in [0.29, 0.717) is 54.1 Å². The third-order valence-corrected chi connectivity index (χ3v) is 9.45. The van der Waals surface area contributed by atoms with E-state index in [9.17, 15) is 13.2 Å². The summed E-state index contributed by atoms with van der Waals surface area (Å²) in [6, 6.07) is 8.06. The Labute approximate surface area is 205 Å². The van der Waals surface area contributed by atoms with Gasteiger partial charge in [-0.1, -0.05) is 25.5 Å². The molecule has 9 nitrogen and oxygen atoms in total. The van der Waals surface area contributed by atoms with Crippen LogP contribution in [0.1, 0.15) is 44.2 Å². The van der Waals surface area contributed by atoms with Crippen LogP contribution in [0.3, 0.4) is 0 Å². The van der Waals surface area contributed by atoms with E-state index in [0.717, 1.165) is 12.8 Å². The van der Waals surface area contributed by atoms with E-state index in [-0.39, 0.29) is 11.1 Å². The first-order valence-corrected chi connectivity index (χ1v) is 13.1. The first kappa shape index (κ1) is 24.5. The van der Waals surface area contributed by atoms with E-state index in [1.807, 2.05) is 0 Å². The summed E-state index contributed by atoms with van der Waals surface area (Å²) < 4.78 is 25.9. The van der Waals surface area contributed by atoms with Crippen LogP contribution in [-0.2, 0) is 14.6 Å².